The standard InChI is InChI=1S/C64H98N2O4/c1-49(2)23-16-24-50(3)25-17-26-51(4)27-18-28-52(5)29-19-30-53(6)31-20-32-54(7)33-21-34-55(8)35-22-36-56(9)43-44-66(48-58-40-42-62(68-11)64(46-58)70-13)60-38-15-14-37-59(60)65-47-57-39-41-61(67-10)63(45-57)69-12/h23,25,27,29,31,33,35,39-43,45-46,59-60,65H,14-22,24,26,28,30,32,34,36-38,44,47-48H2,1-13H3/b50-25?,51-27?,52-29?,53-31?,54-33?,55-35+,56-43+/t59-,60-/m1/s1. The van der Waals surface area contributed by atoms with E-state index in [4.69, 9.17) is 18.9 Å². The Balaban J connectivity index is 1.45. The van der Waals surface area contributed by atoms with E-state index < -0.39 is 0 Å². The lowest BCUT2D eigenvalue weighted by Gasteiger charge is -2.40. The molecule has 1 saturated carbocycles. The Morgan fingerprint density at radius 1 is 0.457 bits per heavy atom. The average molecular weight is 959 g/mol. The summed E-state index contributed by atoms with van der Waals surface area (Å²) in [7, 11) is 6.80. The zero-order valence-corrected chi connectivity index (χ0v) is 46.7. The lowest BCUT2D eigenvalue weighted by atomic mass is 9.88. The normalized spacial score (nSPS) is 16.7. The summed E-state index contributed by atoms with van der Waals surface area (Å²) in [5, 5.41) is 3.96. The molecule has 0 saturated heterocycles. The van der Waals surface area contributed by atoms with E-state index in [1.807, 2.05) is 12.1 Å². The number of nitrogens with zero attached hydrogens (tertiary/aromatic N) is 1. The molecule has 0 unspecified atom stereocenters. The Bertz CT molecular complexity index is 2090. The van der Waals surface area contributed by atoms with E-state index in [9.17, 15) is 0 Å². The molecule has 0 bridgehead atoms. The molecule has 0 amide bonds. The highest BCUT2D eigenvalue weighted by atomic mass is 16.5. The Kier molecular flexibility index (Phi) is 29.7. The monoisotopic (exact) mass is 959 g/mol. The van der Waals surface area contributed by atoms with Crippen LogP contribution < -0.4 is 24.3 Å². The summed E-state index contributed by atoms with van der Waals surface area (Å²) in [4.78, 5) is 2.68. The van der Waals surface area contributed by atoms with Gasteiger partial charge in [-0.15, -0.1) is 0 Å². The topological polar surface area (TPSA) is 52.2 Å². The van der Waals surface area contributed by atoms with E-state index in [2.05, 4.69) is 145 Å². The molecule has 0 aliphatic heterocycles. The molecule has 1 aliphatic rings. The minimum atomic E-state index is 0.380. The second-order valence-corrected chi connectivity index (χ2v) is 20.6. The van der Waals surface area contributed by atoms with Crippen LogP contribution in [0.3, 0.4) is 0 Å². The predicted octanol–water partition coefficient (Wildman–Crippen LogP) is 17.7. The van der Waals surface area contributed by atoms with E-state index in [1.165, 1.54) is 94.2 Å². The van der Waals surface area contributed by atoms with Gasteiger partial charge in [-0.3, -0.25) is 4.90 Å². The van der Waals surface area contributed by atoms with Crippen molar-refractivity contribution in [3.63, 3.8) is 0 Å². The van der Waals surface area contributed by atoms with Crippen molar-refractivity contribution >= 4 is 0 Å². The number of nitrogens with one attached hydrogen (secondary N) is 1. The number of allylic oxidation sites excluding steroid dienone is 15. The van der Waals surface area contributed by atoms with Crippen molar-refractivity contribution in [2.24, 2.45) is 0 Å². The van der Waals surface area contributed by atoms with Gasteiger partial charge in [0.15, 0.2) is 23.0 Å². The van der Waals surface area contributed by atoms with Gasteiger partial charge in [-0.1, -0.05) is 118 Å². The number of hydrogen-bond acceptors (Lipinski definition) is 6. The van der Waals surface area contributed by atoms with Crippen LogP contribution >= 0.6 is 0 Å². The van der Waals surface area contributed by atoms with Gasteiger partial charge in [-0.25, -0.2) is 0 Å². The summed E-state index contributed by atoms with van der Waals surface area (Å²) in [6.45, 7) is 23.0. The third-order valence-corrected chi connectivity index (χ3v) is 14.0. The fourth-order valence-electron chi connectivity index (χ4n) is 9.41. The molecule has 0 spiro atoms. The molecule has 70 heavy (non-hydrogen) atoms. The van der Waals surface area contributed by atoms with Gasteiger partial charge in [0.2, 0.25) is 0 Å². The molecule has 6 nitrogen and oxygen atoms in total. The summed E-state index contributed by atoms with van der Waals surface area (Å²) < 4.78 is 22.4. The van der Waals surface area contributed by atoms with Crippen LogP contribution in [0.15, 0.2) is 130 Å². The molecule has 2 aromatic rings. The summed E-state index contributed by atoms with van der Waals surface area (Å²) in [5.41, 5.74) is 14.4. The second kappa shape index (κ2) is 34.7. The molecule has 0 heterocycles. The maximum Gasteiger partial charge on any atom is 0.161 e. The van der Waals surface area contributed by atoms with Crippen molar-refractivity contribution < 1.29 is 18.9 Å². The van der Waals surface area contributed by atoms with Crippen molar-refractivity contribution in [2.75, 3.05) is 35.0 Å². The Hall–Kier alpha value is -4.52. The van der Waals surface area contributed by atoms with Gasteiger partial charge in [0, 0.05) is 31.7 Å². The third kappa shape index (κ3) is 24.5. The summed E-state index contributed by atoms with van der Waals surface area (Å²) in [6.07, 6.45) is 40.4. The van der Waals surface area contributed by atoms with Gasteiger partial charge in [0.25, 0.3) is 0 Å². The molecule has 2 atom stereocenters. The molecule has 1 N–H and O–H groups in total. The number of ether oxygens (including phenoxy) is 4. The predicted molar refractivity (Wildman–Crippen MR) is 303 cm³/mol. The lowest BCUT2D eigenvalue weighted by molar-refractivity contribution is 0.126. The number of hydrogen-bond donors (Lipinski definition) is 1. The first kappa shape index (κ1) is 59.8. The van der Waals surface area contributed by atoms with E-state index in [0.717, 1.165) is 120 Å². The number of methoxy groups -OCH3 is 4. The second-order valence-electron chi connectivity index (χ2n) is 20.6. The maximum absolute atomic E-state index is 5.71. The highest BCUT2D eigenvalue weighted by molar-refractivity contribution is 5.44. The molecule has 3 rings (SSSR count). The van der Waals surface area contributed by atoms with E-state index in [1.54, 1.807) is 28.4 Å². The van der Waals surface area contributed by atoms with Gasteiger partial charge >= 0.3 is 0 Å². The van der Waals surface area contributed by atoms with Gasteiger partial charge in [0.05, 0.1) is 28.4 Å². The van der Waals surface area contributed by atoms with Crippen LogP contribution in [-0.2, 0) is 13.1 Å². The molecule has 1 aliphatic carbocycles. The van der Waals surface area contributed by atoms with Crippen LogP contribution in [0.5, 0.6) is 23.0 Å². The Labute approximate surface area is 429 Å². The molecular formula is C64H98N2O4. The van der Waals surface area contributed by atoms with Crippen LogP contribution in [-0.4, -0.2) is 52.0 Å². The first-order valence-corrected chi connectivity index (χ1v) is 26.9. The summed E-state index contributed by atoms with van der Waals surface area (Å²) in [5.74, 6) is 3.07. The zero-order chi connectivity index (χ0) is 51.1. The van der Waals surface area contributed by atoms with Gasteiger partial charge in [0.1, 0.15) is 0 Å². The average Bonchev–Trinajstić information content (AvgIpc) is 3.34. The fraction of sp³-hybridized carbons (Fsp3) is 0.562. The lowest BCUT2D eigenvalue weighted by Crippen LogP contribution is -2.51. The minimum absolute atomic E-state index is 0.380. The third-order valence-electron chi connectivity index (χ3n) is 14.0. The molecular weight excluding hydrogens is 861 g/mol. The molecule has 6 heteroatoms. The quantitative estimate of drug-likeness (QED) is 0.0720. The molecule has 1 fully saturated rings. The van der Waals surface area contributed by atoms with Crippen molar-refractivity contribution in [3.05, 3.63) is 141 Å². The van der Waals surface area contributed by atoms with E-state index in [-0.39, 0.29) is 0 Å². The molecule has 0 radical (unpaired) electrons. The van der Waals surface area contributed by atoms with E-state index in [0.29, 0.717) is 12.1 Å². The van der Waals surface area contributed by atoms with E-state index >= 15 is 0 Å². The van der Waals surface area contributed by atoms with Crippen LogP contribution in [0.25, 0.3) is 0 Å². The summed E-state index contributed by atoms with van der Waals surface area (Å²) in [6, 6.07) is 13.4. The van der Waals surface area contributed by atoms with Crippen molar-refractivity contribution in [3.8, 4) is 23.0 Å². The Morgan fingerprint density at radius 2 is 0.814 bits per heavy atom. The number of rotatable bonds is 33. The van der Waals surface area contributed by atoms with Gasteiger partial charge in [-0.05, 0) is 200 Å². The highest BCUT2D eigenvalue weighted by Crippen LogP contribution is 2.32. The van der Waals surface area contributed by atoms with Crippen LogP contribution in [0.1, 0.15) is 189 Å². The van der Waals surface area contributed by atoms with Gasteiger partial charge in [-0.2, -0.15) is 0 Å². The van der Waals surface area contributed by atoms with Crippen LogP contribution in [0, 0.1) is 0 Å². The first-order chi connectivity index (χ1) is 33.7. The maximum atomic E-state index is 5.71. The van der Waals surface area contributed by atoms with Crippen molar-refractivity contribution in [2.45, 2.75) is 203 Å². The molecule has 2 aromatic carbocycles. The Morgan fingerprint density at radius 3 is 1.21 bits per heavy atom. The minimum Gasteiger partial charge on any atom is -0.493 e. The molecule has 0 aromatic heterocycles. The number of benzene rings is 2. The first-order valence-electron chi connectivity index (χ1n) is 26.9. The van der Waals surface area contributed by atoms with Crippen LogP contribution in [0.4, 0.5) is 0 Å². The fourth-order valence-corrected chi connectivity index (χ4v) is 9.41. The van der Waals surface area contributed by atoms with Crippen molar-refractivity contribution in [1.82, 2.24) is 10.2 Å². The zero-order valence-electron chi connectivity index (χ0n) is 46.7. The smallest absolute Gasteiger partial charge is 0.161 e. The van der Waals surface area contributed by atoms with Crippen LogP contribution in [0.2, 0.25) is 0 Å². The summed E-state index contributed by atoms with van der Waals surface area (Å²) >= 11 is 0. The SMILES string of the molecule is COc1ccc(CN[C@@H]2CCCC[C@H]2N(C/C=C(\C)CC/C=C(\C)CCC=C(C)CCC=C(C)CCC=C(C)CCC=C(C)CCC=C(C)CCC=C(C)C)Cc2ccc(OC)c(OC)c2)cc1OC. The van der Waals surface area contributed by atoms with Crippen molar-refractivity contribution in [1.29, 1.82) is 0 Å². The largest absolute Gasteiger partial charge is 0.493 e. The van der Waals surface area contributed by atoms with Gasteiger partial charge < -0.3 is 24.3 Å². The molecule has 388 valence electrons. The highest BCUT2D eigenvalue weighted by Gasteiger charge is 2.30.